The summed E-state index contributed by atoms with van der Waals surface area (Å²) in [6.07, 6.45) is 0.799. The molecule has 2 N–H and O–H groups in total. The molecule has 3 aromatic rings. The van der Waals surface area contributed by atoms with E-state index in [0.717, 1.165) is 23.3 Å². The molecule has 0 amide bonds. The monoisotopic (exact) mass is 403 g/mol. The van der Waals surface area contributed by atoms with Crippen LogP contribution in [0.4, 0.5) is 18.3 Å². The van der Waals surface area contributed by atoms with Gasteiger partial charge in [-0.05, 0) is 35.4 Å². The highest BCUT2D eigenvalue weighted by Gasteiger charge is 2.30. The molecule has 0 bridgehead atoms. The molecule has 0 saturated carbocycles. The van der Waals surface area contributed by atoms with E-state index in [2.05, 4.69) is 15.5 Å². The van der Waals surface area contributed by atoms with Crippen molar-refractivity contribution in [2.75, 3.05) is 5.43 Å². The Morgan fingerprint density at radius 1 is 1.14 bits per heavy atom. The van der Waals surface area contributed by atoms with E-state index >= 15 is 0 Å². The zero-order valence-electron chi connectivity index (χ0n) is 14.5. The fourth-order valence-electron chi connectivity index (χ4n) is 2.37. The number of alkyl halides is 3. The Morgan fingerprint density at radius 2 is 1.93 bits per heavy atom. The van der Waals surface area contributed by atoms with E-state index in [-0.39, 0.29) is 6.61 Å². The minimum absolute atomic E-state index is 0.0113. The summed E-state index contributed by atoms with van der Waals surface area (Å²) in [6.45, 7) is -0.0113. The summed E-state index contributed by atoms with van der Waals surface area (Å²) in [5, 5.41) is 15.4. The first-order valence-corrected chi connectivity index (χ1v) is 9.12. The highest BCUT2D eigenvalue weighted by atomic mass is 32.1. The normalized spacial score (nSPS) is 12.1. The summed E-state index contributed by atoms with van der Waals surface area (Å²) in [4.78, 5) is 4.31. The van der Waals surface area contributed by atoms with Crippen LogP contribution in [0.2, 0.25) is 0 Å². The number of anilines is 1. The molecule has 0 radical (unpaired) electrons. The molecule has 4 nitrogen and oxygen atoms in total. The van der Waals surface area contributed by atoms with Gasteiger partial charge in [-0.2, -0.15) is 18.3 Å². The number of hydrazone groups is 1. The molecule has 1 heterocycles. The molecule has 1 aromatic heterocycles. The second-order valence-corrected chi connectivity index (χ2v) is 6.62. The van der Waals surface area contributed by atoms with Gasteiger partial charge in [-0.3, -0.25) is 5.43 Å². The molecule has 0 fully saturated rings. The third-order valence-corrected chi connectivity index (χ3v) is 4.50. The highest BCUT2D eigenvalue weighted by Crippen LogP contribution is 2.31. The van der Waals surface area contributed by atoms with Crippen LogP contribution in [-0.2, 0) is 12.8 Å². The van der Waals surface area contributed by atoms with Gasteiger partial charge in [0.05, 0.1) is 17.9 Å². The molecule has 3 rings (SSSR count). The van der Waals surface area contributed by atoms with Crippen LogP contribution in [0, 0.1) is 0 Å². The molecule has 0 spiro atoms. The first-order chi connectivity index (χ1) is 13.5. The van der Waals surface area contributed by atoms with E-state index in [4.69, 9.17) is 5.11 Å². The number of aliphatic hydroxyl groups excluding tert-OH is 1. The summed E-state index contributed by atoms with van der Waals surface area (Å²) in [5.41, 5.74) is 5.05. The number of thiazole rings is 1. The third-order valence-electron chi connectivity index (χ3n) is 3.76. The van der Waals surface area contributed by atoms with Crippen LogP contribution >= 0.6 is 11.3 Å². The second-order valence-electron chi connectivity index (χ2n) is 5.77. The molecule has 8 heteroatoms. The number of nitrogens with one attached hydrogen (secondary N) is 1. The van der Waals surface area contributed by atoms with Crippen LogP contribution in [-0.4, -0.2) is 16.3 Å². The van der Waals surface area contributed by atoms with Crippen molar-refractivity contribution < 1.29 is 18.3 Å². The Hall–Kier alpha value is -2.97. The van der Waals surface area contributed by atoms with Crippen molar-refractivity contribution in [3.05, 3.63) is 76.7 Å². The third kappa shape index (κ3) is 5.28. The molecule has 28 heavy (non-hydrogen) atoms. The van der Waals surface area contributed by atoms with Crippen molar-refractivity contribution in [3.63, 3.8) is 0 Å². The Kier molecular flexibility index (Phi) is 6.23. The molecular formula is C20H16F3N3OS. The van der Waals surface area contributed by atoms with Crippen LogP contribution in [0.5, 0.6) is 0 Å². The predicted octanol–water partition coefficient (Wildman–Crippen LogP) is 5.43. The highest BCUT2D eigenvalue weighted by molar-refractivity contribution is 7.14. The molecule has 0 aliphatic carbocycles. The minimum atomic E-state index is -4.35. The van der Waals surface area contributed by atoms with Gasteiger partial charge in [0.15, 0.2) is 0 Å². The molecule has 0 unspecified atom stereocenters. The number of nitrogens with zero attached hydrogens (tertiary/aromatic N) is 2. The quantitative estimate of drug-likeness (QED) is 0.426. The van der Waals surface area contributed by atoms with E-state index < -0.39 is 11.7 Å². The average molecular weight is 403 g/mol. The smallest absolute Gasteiger partial charge is 0.392 e. The van der Waals surface area contributed by atoms with Crippen molar-refractivity contribution in [2.24, 2.45) is 5.10 Å². The van der Waals surface area contributed by atoms with Gasteiger partial charge in [-0.1, -0.05) is 36.4 Å². The van der Waals surface area contributed by atoms with Crippen LogP contribution in [0.1, 0.15) is 16.7 Å². The van der Waals surface area contributed by atoms with E-state index in [1.165, 1.54) is 23.5 Å². The number of aliphatic hydroxyl groups is 1. The van der Waals surface area contributed by atoms with Gasteiger partial charge in [0.2, 0.25) is 5.13 Å². The van der Waals surface area contributed by atoms with Gasteiger partial charge in [0.1, 0.15) is 0 Å². The number of hydrogen-bond donors (Lipinski definition) is 2. The van der Waals surface area contributed by atoms with Crippen LogP contribution in [0.25, 0.3) is 17.3 Å². The standard InChI is InChI=1S/C20H16F3N3OS/c21-20(22,23)17-8-6-16(7-9-17)18-13-28-19(25-18)26-24-10-2-5-14-3-1-4-15(11-14)12-27/h1-11,13,27H,12H2,(H,25,26). The van der Waals surface area contributed by atoms with Gasteiger partial charge in [0.25, 0.3) is 0 Å². The number of allylic oxidation sites excluding steroid dienone is 1. The lowest BCUT2D eigenvalue weighted by atomic mass is 10.1. The molecular weight excluding hydrogens is 387 g/mol. The van der Waals surface area contributed by atoms with Crippen molar-refractivity contribution in [1.29, 1.82) is 0 Å². The number of hydrogen-bond acceptors (Lipinski definition) is 5. The SMILES string of the molecule is OCc1cccc(C=CC=NNc2nc(-c3ccc(C(F)(F)F)cc3)cs2)c1. The van der Waals surface area contributed by atoms with E-state index in [1.807, 2.05) is 30.3 Å². The van der Waals surface area contributed by atoms with Crippen LogP contribution in [0.3, 0.4) is 0 Å². The Balaban J connectivity index is 1.58. The van der Waals surface area contributed by atoms with Crippen molar-refractivity contribution in [2.45, 2.75) is 12.8 Å². The first-order valence-electron chi connectivity index (χ1n) is 8.24. The fourth-order valence-corrected chi connectivity index (χ4v) is 3.04. The largest absolute Gasteiger partial charge is 0.416 e. The van der Waals surface area contributed by atoms with E-state index in [9.17, 15) is 13.2 Å². The summed E-state index contributed by atoms with van der Waals surface area (Å²) in [6, 6.07) is 12.3. The lowest BCUT2D eigenvalue weighted by Crippen LogP contribution is -2.03. The lowest BCUT2D eigenvalue weighted by Gasteiger charge is -2.06. The van der Waals surface area contributed by atoms with Gasteiger partial charge in [0, 0.05) is 17.2 Å². The van der Waals surface area contributed by atoms with E-state index in [0.29, 0.717) is 16.4 Å². The summed E-state index contributed by atoms with van der Waals surface area (Å²) in [5.74, 6) is 0. The summed E-state index contributed by atoms with van der Waals surface area (Å²) < 4.78 is 37.9. The molecule has 0 atom stereocenters. The van der Waals surface area contributed by atoms with Crippen molar-refractivity contribution >= 4 is 28.8 Å². The fraction of sp³-hybridized carbons (Fsp3) is 0.100. The molecule has 2 aromatic carbocycles. The molecule has 0 aliphatic rings. The molecule has 0 saturated heterocycles. The van der Waals surface area contributed by atoms with Crippen LogP contribution in [0.15, 0.2) is 65.1 Å². The van der Waals surface area contributed by atoms with Gasteiger partial charge in [-0.25, -0.2) is 4.98 Å². The van der Waals surface area contributed by atoms with E-state index in [1.54, 1.807) is 17.7 Å². The van der Waals surface area contributed by atoms with Gasteiger partial charge < -0.3 is 5.11 Å². The van der Waals surface area contributed by atoms with Crippen molar-refractivity contribution in [3.8, 4) is 11.3 Å². The van der Waals surface area contributed by atoms with Gasteiger partial charge >= 0.3 is 6.18 Å². The Labute approximate surface area is 163 Å². The zero-order chi connectivity index (χ0) is 20.0. The topological polar surface area (TPSA) is 57.5 Å². The number of halogens is 3. The maximum Gasteiger partial charge on any atom is 0.416 e. The van der Waals surface area contributed by atoms with Crippen LogP contribution < -0.4 is 5.43 Å². The Bertz CT molecular complexity index is 979. The van der Waals surface area contributed by atoms with Gasteiger partial charge in [-0.15, -0.1) is 11.3 Å². The minimum Gasteiger partial charge on any atom is -0.392 e. The molecule has 144 valence electrons. The number of benzene rings is 2. The zero-order valence-corrected chi connectivity index (χ0v) is 15.3. The second kappa shape index (κ2) is 8.81. The van der Waals surface area contributed by atoms with Crippen molar-refractivity contribution in [1.82, 2.24) is 4.98 Å². The average Bonchev–Trinajstić information content (AvgIpc) is 3.16. The maximum absolute atomic E-state index is 12.6. The molecule has 0 aliphatic heterocycles. The maximum atomic E-state index is 12.6. The lowest BCUT2D eigenvalue weighted by molar-refractivity contribution is -0.137. The first kappa shape index (κ1) is 19.8. The number of rotatable bonds is 6. The Morgan fingerprint density at radius 3 is 2.64 bits per heavy atom. The summed E-state index contributed by atoms with van der Waals surface area (Å²) >= 11 is 1.30. The predicted molar refractivity (Wildman–Crippen MR) is 106 cm³/mol. The number of aromatic nitrogens is 1. The summed E-state index contributed by atoms with van der Waals surface area (Å²) in [7, 11) is 0.